The zero-order chi connectivity index (χ0) is 17.3. The smallest absolute Gasteiger partial charge is 0.191 e. The Morgan fingerprint density at radius 3 is 2.50 bits per heavy atom. The molecule has 0 amide bonds. The molecule has 0 fully saturated rings. The van der Waals surface area contributed by atoms with E-state index in [1.54, 1.807) is 12.4 Å². The number of nitriles is 3. The minimum absolute atomic E-state index is 0.0591. The van der Waals surface area contributed by atoms with Crippen molar-refractivity contribution in [3.05, 3.63) is 53.0 Å². The molecule has 2 aliphatic rings. The van der Waals surface area contributed by atoms with Gasteiger partial charge in [-0.1, -0.05) is 6.08 Å². The molecule has 118 valence electrons. The van der Waals surface area contributed by atoms with Crippen LogP contribution in [0.3, 0.4) is 0 Å². The Morgan fingerprint density at radius 1 is 1.25 bits per heavy atom. The van der Waals surface area contributed by atoms with Crippen molar-refractivity contribution in [3.63, 3.8) is 0 Å². The van der Waals surface area contributed by atoms with Gasteiger partial charge in [0, 0.05) is 37.3 Å². The Kier molecular flexibility index (Phi) is 3.81. The molecule has 1 aromatic heterocycles. The van der Waals surface area contributed by atoms with Crippen LogP contribution in [0.15, 0.2) is 47.4 Å². The molecule has 0 aromatic carbocycles. The van der Waals surface area contributed by atoms with E-state index in [2.05, 4.69) is 28.1 Å². The minimum atomic E-state index is -1.56. The summed E-state index contributed by atoms with van der Waals surface area (Å²) in [4.78, 5) is 6.13. The highest BCUT2D eigenvalue weighted by Crippen LogP contribution is 2.53. The monoisotopic (exact) mass is 316 g/mol. The summed E-state index contributed by atoms with van der Waals surface area (Å²) >= 11 is 0. The topological polar surface area (TPSA) is 114 Å². The number of pyridine rings is 1. The quantitative estimate of drug-likeness (QED) is 0.838. The molecule has 0 saturated carbocycles. The third-order valence-electron chi connectivity index (χ3n) is 4.91. The lowest BCUT2D eigenvalue weighted by Crippen LogP contribution is -2.47. The van der Waals surface area contributed by atoms with E-state index >= 15 is 0 Å². The van der Waals surface area contributed by atoms with Gasteiger partial charge in [-0.15, -0.1) is 0 Å². The van der Waals surface area contributed by atoms with Gasteiger partial charge in [0.2, 0.25) is 0 Å². The summed E-state index contributed by atoms with van der Waals surface area (Å²) in [5.74, 6) is -0.589. The number of hydrogen-bond donors (Lipinski definition) is 1. The first kappa shape index (κ1) is 15.7. The number of hydrogen-bond acceptors (Lipinski definition) is 6. The van der Waals surface area contributed by atoms with Crippen molar-refractivity contribution in [2.45, 2.75) is 5.92 Å². The molecule has 2 atom stereocenters. The van der Waals surface area contributed by atoms with Gasteiger partial charge in [0.15, 0.2) is 5.41 Å². The molecule has 0 bridgehead atoms. The number of nitrogens with two attached hydrogens (primary N) is 1. The van der Waals surface area contributed by atoms with Gasteiger partial charge < -0.3 is 10.6 Å². The molecular weight excluding hydrogens is 300 g/mol. The van der Waals surface area contributed by atoms with Crippen molar-refractivity contribution in [1.29, 1.82) is 15.8 Å². The molecule has 0 radical (unpaired) electrons. The summed E-state index contributed by atoms with van der Waals surface area (Å²) in [7, 11) is 1.98. The Labute approximate surface area is 140 Å². The maximum absolute atomic E-state index is 9.87. The van der Waals surface area contributed by atoms with E-state index in [0.29, 0.717) is 13.1 Å². The van der Waals surface area contributed by atoms with Gasteiger partial charge in [0.05, 0.1) is 23.4 Å². The molecule has 1 aliphatic carbocycles. The molecule has 2 N–H and O–H groups in total. The van der Waals surface area contributed by atoms with Gasteiger partial charge in [0.25, 0.3) is 0 Å². The van der Waals surface area contributed by atoms with E-state index in [4.69, 9.17) is 5.73 Å². The maximum Gasteiger partial charge on any atom is 0.191 e. The predicted molar refractivity (Wildman–Crippen MR) is 86.5 cm³/mol. The summed E-state index contributed by atoms with van der Waals surface area (Å²) in [5.41, 5.74) is 6.65. The fourth-order valence-corrected chi connectivity index (χ4v) is 3.77. The molecule has 24 heavy (non-hydrogen) atoms. The molecule has 6 heteroatoms. The molecule has 0 saturated heterocycles. The molecule has 3 rings (SSSR count). The first-order valence-electron chi connectivity index (χ1n) is 7.60. The third kappa shape index (κ3) is 2.07. The van der Waals surface area contributed by atoms with E-state index in [1.165, 1.54) is 0 Å². The zero-order valence-corrected chi connectivity index (χ0v) is 13.3. The van der Waals surface area contributed by atoms with E-state index in [1.807, 2.05) is 25.3 Å². The first-order chi connectivity index (χ1) is 11.6. The van der Waals surface area contributed by atoms with E-state index in [9.17, 15) is 15.8 Å². The van der Waals surface area contributed by atoms with Crippen molar-refractivity contribution in [2.24, 2.45) is 17.1 Å². The van der Waals surface area contributed by atoms with Crippen LogP contribution in [-0.2, 0) is 0 Å². The number of fused-ring (bicyclic) bond motifs is 1. The SMILES string of the molecule is CN1CC=C2C(C#N)=C(N)C(C#N)(C#N)[C@@H](c3ccncc3)[C@H]2C1. The highest BCUT2D eigenvalue weighted by atomic mass is 15.1. The lowest BCUT2D eigenvalue weighted by Gasteiger charge is -2.45. The normalized spacial score (nSPS) is 25.7. The molecule has 0 spiro atoms. The van der Waals surface area contributed by atoms with Crippen LogP contribution in [0.4, 0.5) is 0 Å². The van der Waals surface area contributed by atoms with E-state index < -0.39 is 11.3 Å². The standard InChI is InChI=1S/C18H16N6/c1-24-7-4-13-14(8-19)17(22)18(10-20,11-21)16(15(13)9-24)12-2-5-23-6-3-12/h2-6,15-16H,7,9,22H2,1H3/t15-,16-/m0/s1. The molecule has 1 aromatic rings. The van der Waals surface area contributed by atoms with Gasteiger partial charge in [-0.05, 0) is 30.3 Å². The lowest BCUT2D eigenvalue weighted by molar-refractivity contribution is 0.237. The van der Waals surface area contributed by atoms with Crippen molar-refractivity contribution in [3.8, 4) is 18.2 Å². The largest absolute Gasteiger partial charge is 0.399 e. The van der Waals surface area contributed by atoms with Crippen LogP contribution in [0, 0.1) is 45.3 Å². The number of allylic oxidation sites excluding steroid dienone is 2. The fraction of sp³-hybridized carbons (Fsp3) is 0.333. The summed E-state index contributed by atoms with van der Waals surface area (Å²) in [6.45, 7) is 1.36. The molecule has 1 aliphatic heterocycles. The van der Waals surface area contributed by atoms with Crippen LogP contribution in [0.2, 0.25) is 0 Å². The highest BCUT2D eigenvalue weighted by Gasteiger charge is 2.54. The van der Waals surface area contributed by atoms with Crippen LogP contribution in [0.1, 0.15) is 11.5 Å². The second kappa shape index (κ2) is 5.81. The average molecular weight is 316 g/mol. The third-order valence-corrected chi connectivity index (χ3v) is 4.91. The number of nitrogens with zero attached hydrogens (tertiary/aromatic N) is 5. The average Bonchev–Trinajstić information content (AvgIpc) is 2.62. The predicted octanol–water partition coefficient (Wildman–Crippen LogP) is 1.44. The second-order valence-corrected chi connectivity index (χ2v) is 6.18. The molecule has 2 heterocycles. The van der Waals surface area contributed by atoms with Crippen molar-refractivity contribution >= 4 is 0 Å². The van der Waals surface area contributed by atoms with Crippen LogP contribution in [0.25, 0.3) is 0 Å². The van der Waals surface area contributed by atoms with Gasteiger partial charge in [-0.25, -0.2) is 0 Å². The fourth-order valence-electron chi connectivity index (χ4n) is 3.77. The van der Waals surface area contributed by atoms with Crippen molar-refractivity contribution < 1.29 is 0 Å². The number of likely N-dealkylation sites (N-methyl/N-ethyl adjacent to an activating group) is 1. The van der Waals surface area contributed by atoms with Gasteiger partial charge >= 0.3 is 0 Å². The zero-order valence-electron chi connectivity index (χ0n) is 13.3. The Balaban J connectivity index is 2.33. The van der Waals surface area contributed by atoms with Crippen LogP contribution in [-0.4, -0.2) is 30.0 Å². The molecule has 0 unspecified atom stereocenters. The van der Waals surface area contributed by atoms with Crippen LogP contribution in [0.5, 0.6) is 0 Å². The number of aromatic nitrogens is 1. The van der Waals surface area contributed by atoms with Gasteiger partial charge in [-0.3, -0.25) is 4.98 Å². The number of rotatable bonds is 1. The van der Waals surface area contributed by atoms with Crippen molar-refractivity contribution in [1.82, 2.24) is 9.88 Å². The van der Waals surface area contributed by atoms with Gasteiger partial charge in [0.1, 0.15) is 6.07 Å². The maximum atomic E-state index is 9.87. The molecule has 6 nitrogen and oxygen atoms in total. The van der Waals surface area contributed by atoms with E-state index in [0.717, 1.165) is 11.1 Å². The molecular formula is C18H16N6. The summed E-state index contributed by atoms with van der Waals surface area (Å²) in [6.07, 6.45) is 5.27. The summed E-state index contributed by atoms with van der Waals surface area (Å²) in [5, 5.41) is 29.3. The van der Waals surface area contributed by atoms with Crippen molar-refractivity contribution in [2.75, 3.05) is 20.1 Å². The van der Waals surface area contributed by atoms with Gasteiger partial charge in [-0.2, -0.15) is 15.8 Å². The Morgan fingerprint density at radius 2 is 1.92 bits per heavy atom. The lowest BCUT2D eigenvalue weighted by atomic mass is 9.58. The van der Waals surface area contributed by atoms with E-state index in [-0.39, 0.29) is 17.2 Å². The first-order valence-corrected chi connectivity index (χ1v) is 7.60. The van der Waals surface area contributed by atoms with Crippen LogP contribution >= 0.6 is 0 Å². The Bertz CT molecular complexity index is 832. The minimum Gasteiger partial charge on any atom is -0.399 e. The highest BCUT2D eigenvalue weighted by molar-refractivity contribution is 5.59. The second-order valence-electron chi connectivity index (χ2n) is 6.18. The summed E-state index contributed by atoms with van der Waals surface area (Å²) < 4.78 is 0. The van der Waals surface area contributed by atoms with Crippen LogP contribution < -0.4 is 5.73 Å². The summed E-state index contributed by atoms with van der Waals surface area (Å²) in [6, 6.07) is 9.97. The Hall–Kier alpha value is -3.14.